The van der Waals surface area contributed by atoms with Gasteiger partial charge in [0.2, 0.25) is 0 Å². The molecule has 2 N–H and O–H groups in total. The molecule has 0 aliphatic rings. The van der Waals surface area contributed by atoms with Gasteiger partial charge >= 0.3 is 0 Å². The molecule has 1 rings (SSSR count). The molecule has 1 aromatic heterocycles. The molecule has 0 fully saturated rings. The second-order valence-corrected chi connectivity index (χ2v) is 3.29. The van der Waals surface area contributed by atoms with Gasteiger partial charge in [-0.25, -0.2) is 0 Å². The molecule has 1 heterocycles. The van der Waals surface area contributed by atoms with Crippen molar-refractivity contribution in [2.24, 2.45) is 0 Å². The topological polar surface area (TPSA) is 53.1 Å². The Balaban J connectivity index is 2.64. The van der Waals surface area contributed by atoms with Crippen molar-refractivity contribution in [3.8, 4) is 0 Å². The average Bonchev–Trinajstić information content (AvgIpc) is 2.41. The highest BCUT2D eigenvalue weighted by Crippen LogP contribution is 2.14. The second kappa shape index (κ2) is 4.28. The van der Waals surface area contributed by atoms with Crippen molar-refractivity contribution in [2.75, 3.05) is 19.5 Å². The van der Waals surface area contributed by atoms with E-state index in [1.165, 1.54) is 0 Å². The molecule has 0 amide bonds. The minimum atomic E-state index is 0.345. The molecule has 4 heteroatoms. The first-order valence-corrected chi connectivity index (χ1v) is 4.45. The van der Waals surface area contributed by atoms with Gasteiger partial charge in [0.15, 0.2) is 0 Å². The van der Waals surface area contributed by atoms with E-state index in [4.69, 9.17) is 10.5 Å². The summed E-state index contributed by atoms with van der Waals surface area (Å²) in [6.07, 6.45) is 0.957. The number of aromatic nitrogens is 2. The molecule has 13 heavy (non-hydrogen) atoms. The molecule has 0 aliphatic carbocycles. The summed E-state index contributed by atoms with van der Waals surface area (Å²) in [4.78, 5) is 0. The third kappa shape index (κ3) is 2.45. The fourth-order valence-corrected chi connectivity index (χ4v) is 1.37. The highest BCUT2D eigenvalue weighted by molar-refractivity contribution is 5.28. The number of nitrogen functional groups attached to an aromatic ring is 1. The van der Waals surface area contributed by atoms with Gasteiger partial charge in [-0.3, -0.25) is 4.68 Å². The van der Waals surface area contributed by atoms with E-state index in [1.807, 2.05) is 17.7 Å². The summed E-state index contributed by atoms with van der Waals surface area (Å²) in [7, 11) is 1.71. The van der Waals surface area contributed by atoms with Gasteiger partial charge in [-0.15, -0.1) is 0 Å². The van der Waals surface area contributed by atoms with Gasteiger partial charge in [-0.1, -0.05) is 0 Å². The fourth-order valence-electron chi connectivity index (χ4n) is 1.37. The van der Waals surface area contributed by atoms with Crippen molar-refractivity contribution >= 4 is 5.82 Å². The van der Waals surface area contributed by atoms with Gasteiger partial charge in [0.25, 0.3) is 0 Å². The van der Waals surface area contributed by atoms with Crippen LogP contribution < -0.4 is 5.73 Å². The number of hydrogen-bond acceptors (Lipinski definition) is 3. The lowest BCUT2D eigenvalue weighted by Gasteiger charge is -2.13. The standard InChI is InChI=1S/C9H17N3O/c1-7(4-5-13-3)12-8(2)6-9(10)11-12/h6-7H,4-5H2,1-3H3,(H2,10,11). The van der Waals surface area contributed by atoms with Crippen LogP contribution in [0.2, 0.25) is 0 Å². The zero-order valence-electron chi connectivity index (χ0n) is 8.45. The normalized spacial score (nSPS) is 13.2. The minimum Gasteiger partial charge on any atom is -0.385 e. The maximum Gasteiger partial charge on any atom is 0.145 e. The van der Waals surface area contributed by atoms with Crippen LogP contribution >= 0.6 is 0 Å². The van der Waals surface area contributed by atoms with Crippen LogP contribution in [0.1, 0.15) is 25.1 Å². The minimum absolute atomic E-state index is 0.345. The Morgan fingerprint density at radius 3 is 2.85 bits per heavy atom. The molecule has 1 aromatic rings. The van der Waals surface area contributed by atoms with Crippen molar-refractivity contribution < 1.29 is 4.74 Å². The summed E-state index contributed by atoms with van der Waals surface area (Å²) in [5.41, 5.74) is 6.68. The molecule has 0 saturated carbocycles. The number of anilines is 1. The third-order valence-electron chi connectivity index (χ3n) is 2.10. The van der Waals surface area contributed by atoms with Crippen LogP contribution in [0.4, 0.5) is 5.82 Å². The van der Waals surface area contributed by atoms with Crippen molar-refractivity contribution in [3.05, 3.63) is 11.8 Å². The summed E-state index contributed by atoms with van der Waals surface area (Å²) in [6, 6.07) is 2.22. The van der Waals surface area contributed by atoms with Crippen LogP contribution in [0.15, 0.2) is 6.07 Å². The number of ether oxygens (including phenoxy) is 1. The van der Waals surface area contributed by atoms with E-state index in [2.05, 4.69) is 12.0 Å². The maximum atomic E-state index is 5.58. The third-order valence-corrected chi connectivity index (χ3v) is 2.10. The first kappa shape index (κ1) is 10.1. The predicted octanol–water partition coefficient (Wildman–Crippen LogP) is 1.37. The molecule has 1 unspecified atom stereocenters. The number of nitrogens with two attached hydrogens (primary N) is 1. The van der Waals surface area contributed by atoms with Crippen molar-refractivity contribution in [2.45, 2.75) is 26.3 Å². The molecule has 0 radical (unpaired) electrons. The first-order chi connectivity index (χ1) is 6.15. The molecule has 0 aliphatic heterocycles. The van der Waals surface area contributed by atoms with Crippen LogP contribution in [0, 0.1) is 6.92 Å². The first-order valence-electron chi connectivity index (χ1n) is 4.45. The molecule has 1 atom stereocenters. The van der Waals surface area contributed by atoms with E-state index in [-0.39, 0.29) is 0 Å². The predicted molar refractivity (Wildman–Crippen MR) is 52.6 cm³/mol. The van der Waals surface area contributed by atoms with E-state index in [0.29, 0.717) is 11.9 Å². The van der Waals surface area contributed by atoms with Crippen LogP contribution in [0.25, 0.3) is 0 Å². The summed E-state index contributed by atoms with van der Waals surface area (Å²) in [6.45, 7) is 4.87. The van der Waals surface area contributed by atoms with E-state index in [1.54, 1.807) is 7.11 Å². The van der Waals surface area contributed by atoms with E-state index >= 15 is 0 Å². The van der Waals surface area contributed by atoms with Crippen LogP contribution in [0.3, 0.4) is 0 Å². The molecule has 0 aromatic carbocycles. The SMILES string of the molecule is COCCC(C)n1nc(N)cc1C. The number of rotatable bonds is 4. The van der Waals surface area contributed by atoms with Gasteiger partial charge < -0.3 is 10.5 Å². The van der Waals surface area contributed by atoms with Gasteiger partial charge in [0.05, 0.1) is 6.04 Å². The quantitative estimate of drug-likeness (QED) is 0.767. The van der Waals surface area contributed by atoms with Crippen LogP contribution in [-0.4, -0.2) is 23.5 Å². The van der Waals surface area contributed by atoms with Crippen molar-refractivity contribution in [3.63, 3.8) is 0 Å². The van der Waals surface area contributed by atoms with E-state index in [9.17, 15) is 0 Å². The average molecular weight is 183 g/mol. The van der Waals surface area contributed by atoms with Gasteiger partial charge in [-0.2, -0.15) is 5.10 Å². The Hall–Kier alpha value is -1.03. The van der Waals surface area contributed by atoms with Crippen LogP contribution in [-0.2, 0) is 4.74 Å². The maximum absolute atomic E-state index is 5.58. The molecule has 0 saturated heterocycles. The van der Waals surface area contributed by atoms with Crippen LogP contribution in [0.5, 0.6) is 0 Å². The Labute approximate surface area is 78.7 Å². The number of aryl methyl sites for hydroxylation is 1. The summed E-state index contributed by atoms with van der Waals surface area (Å²) in [5, 5.41) is 4.20. The number of methoxy groups -OCH3 is 1. The Kier molecular flexibility index (Phi) is 3.31. The van der Waals surface area contributed by atoms with E-state index in [0.717, 1.165) is 18.7 Å². The lowest BCUT2D eigenvalue weighted by Crippen LogP contribution is -2.11. The smallest absolute Gasteiger partial charge is 0.145 e. The van der Waals surface area contributed by atoms with Crippen molar-refractivity contribution in [1.82, 2.24) is 9.78 Å². The summed E-state index contributed by atoms with van der Waals surface area (Å²) in [5.74, 6) is 0.585. The monoisotopic (exact) mass is 183 g/mol. The van der Waals surface area contributed by atoms with Gasteiger partial charge in [0.1, 0.15) is 5.82 Å². The van der Waals surface area contributed by atoms with Gasteiger partial charge in [-0.05, 0) is 20.3 Å². The highest BCUT2D eigenvalue weighted by atomic mass is 16.5. The second-order valence-electron chi connectivity index (χ2n) is 3.29. The Bertz CT molecular complexity index is 270. The largest absolute Gasteiger partial charge is 0.385 e. The zero-order chi connectivity index (χ0) is 9.84. The molecule has 74 valence electrons. The number of hydrogen-bond donors (Lipinski definition) is 1. The summed E-state index contributed by atoms with van der Waals surface area (Å²) < 4.78 is 6.95. The molecule has 4 nitrogen and oxygen atoms in total. The molecular formula is C9H17N3O. The number of nitrogens with zero attached hydrogens (tertiary/aromatic N) is 2. The van der Waals surface area contributed by atoms with Crippen molar-refractivity contribution in [1.29, 1.82) is 0 Å². The fraction of sp³-hybridized carbons (Fsp3) is 0.667. The Morgan fingerprint density at radius 1 is 1.69 bits per heavy atom. The lowest BCUT2D eigenvalue weighted by atomic mass is 10.2. The molecule has 0 spiro atoms. The molecule has 0 bridgehead atoms. The van der Waals surface area contributed by atoms with Gasteiger partial charge in [0, 0.05) is 25.5 Å². The summed E-state index contributed by atoms with van der Waals surface area (Å²) >= 11 is 0. The lowest BCUT2D eigenvalue weighted by molar-refractivity contribution is 0.178. The zero-order valence-corrected chi connectivity index (χ0v) is 8.45. The highest BCUT2D eigenvalue weighted by Gasteiger charge is 2.08. The Morgan fingerprint density at radius 2 is 2.38 bits per heavy atom. The molecular weight excluding hydrogens is 166 g/mol. The van der Waals surface area contributed by atoms with E-state index < -0.39 is 0 Å².